The van der Waals surface area contributed by atoms with Crippen molar-refractivity contribution in [1.29, 1.82) is 5.26 Å². The van der Waals surface area contributed by atoms with Gasteiger partial charge in [-0.25, -0.2) is 18.1 Å². The van der Waals surface area contributed by atoms with Crippen LogP contribution in [0, 0.1) is 11.3 Å². The third-order valence-corrected chi connectivity index (χ3v) is 5.22. The summed E-state index contributed by atoms with van der Waals surface area (Å²) < 4.78 is 29.7. The van der Waals surface area contributed by atoms with Crippen molar-refractivity contribution in [1.82, 2.24) is 18.8 Å². The van der Waals surface area contributed by atoms with E-state index in [-0.39, 0.29) is 4.90 Å². The van der Waals surface area contributed by atoms with Crippen molar-refractivity contribution in [3.05, 3.63) is 36.2 Å². The lowest BCUT2D eigenvalue weighted by atomic mass is 10.3. The predicted octanol–water partition coefficient (Wildman–Crippen LogP) is 1.36. The number of benzene rings is 1. The van der Waals surface area contributed by atoms with Crippen molar-refractivity contribution in [3.8, 4) is 17.5 Å². The third-order valence-electron chi connectivity index (χ3n) is 3.81. The molecular formula is C15H15N5O2S. The Labute approximate surface area is 133 Å². The van der Waals surface area contributed by atoms with E-state index < -0.39 is 10.0 Å². The summed E-state index contributed by atoms with van der Waals surface area (Å²) in [7, 11) is 1.51. The Morgan fingerprint density at radius 2 is 2.00 bits per heavy atom. The van der Waals surface area contributed by atoms with Crippen LogP contribution in [-0.2, 0) is 24.1 Å². The largest absolute Gasteiger partial charge is 0.342 e. The van der Waals surface area contributed by atoms with Gasteiger partial charge in [-0.15, -0.1) is 0 Å². The Hall–Kier alpha value is -2.63. The monoisotopic (exact) mass is 329 g/mol. The second-order valence-electron chi connectivity index (χ2n) is 5.19. The SMILES string of the molecule is CNS(=O)(=O)c1ccc2c(c1)nc(-c1cc(C#N)n(C)c1)n2C. The fourth-order valence-electron chi connectivity index (χ4n) is 2.52. The quantitative estimate of drug-likeness (QED) is 0.785. The fourth-order valence-corrected chi connectivity index (χ4v) is 3.27. The van der Waals surface area contributed by atoms with Crippen LogP contribution in [0.4, 0.5) is 0 Å². The van der Waals surface area contributed by atoms with E-state index in [1.54, 1.807) is 35.9 Å². The zero-order chi connectivity index (χ0) is 16.8. The molecule has 23 heavy (non-hydrogen) atoms. The highest BCUT2D eigenvalue weighted by Crippen LogP contribution is 2.26. The highest BCUT2D eigenvalue weighted by molar-refractivity contribution is 7.89. The molecule has 0 atom stereocenters. The molecule has 0 fully saturated rings. The molecule has 0 aliphatic carbocycles. The summed E-state index contributed by atoms with van der Waals surface area (Å²) in [4.78, 5) is 4.70. The lowest BCUT2D eigenvalue weighted by molar-refractivity contribution is 0.588. The summed E-state index contributed by atoms with van der Waals surface area (Å²) in [5, 5.41) is 9.07. The van der Waals surface area contributed by atoms with Crippen LogP contribution in [0.15, 0.2) is 35.4 Å². The Bertz CT molecular complexity index is 1050. The van der Waals surface area contributed by atoms with Crippen molar-refractivity contribution in [2.45, 2.75) is 4.90 Å². The number of rotatable bonds is 3. The number of nitrogens with one attached hydrogen (secondary N) is 1. The van der Waals surface area contributed by atoms with Gasteiger partial charge in [0.05, 0.1) is 15.9 Å². The van der Waals surface area contributed by atoms with Crippen LogP contribution < -0.4 is 4.72 Å². The predicted molar refractivity (Wildman–Crippen MR) is 86.1 cm³/mol. The Kier molecular flexibility index (Phi) is 3.47. The first-order valence-electron chi connectivity index (χ1n) is 6.84. The van der Waals surface area contributed by atoms with E-state index in [0.29, 0.717) is 17.0 Å². The summed E-state index contributed by atoms with van der Waals surface area (Å²) in [5.41, 5.74) is 2.74. The number of imidazole rings is 1. The number of aryl methyl sites for hydroxylation is 2. The molecule has 0 spiro atoms. The molecule has 2 heterocycles. The van der Waals surface area contributed by atoms with Crippen molar-refractivity contribution in [3.63, 3.8) is 0 Å². The number of aromatic nitrogens is 3. The van der Waals surface area contributed by atoms with Crippen LogP contribution in [0.3, 0.4) is 0 Å². The van der Waals surface area contributed by atoms with E-state index in [2.05, 4.69) is 15.8 Å². The van der Waals surface area contributed by atoms with Crippen molar-refractivity contribution in [2.75, 3.05) is 7.05 Å². The molecule has 0 saturated carbocycles. The van der Waals surface area contributed by atoms with E-state index in [4.69, 9.17) is 5.26 Å². The van der Waals surface area contributed by atoms with Gasteiger partial charge in [0, 0.05) is 25.9 Å². The van der Waals surface area contributed by atoms with E-state index in [9.17, 15) is 8.42 Å². The Morgan fingerprint density at radius 1 is 1.26 bits per heavy atom. The minimum absolute atomic E-state index is 0.169. The molecule has 0 bridgehead atoms. The lowest BCUT2D eigenvalue weighted by Crippen LogP contribution is -2.18. The number of nitrogens with zero attached hydrogens (tertiary/aromatic N) is 4. The third kappa shape index (κ3) is 2.40. The van der Waals surface area contributed by atoms with Gasteiger partial charge in [-0.2, -0.15) is 5.26 Å². The average Bonchev–Trinajstić information content (AvgIpc) is 3.07. The summed E-state index contributed by atoms with van der Waals surface area (Å²) in [5.74, 6) is 0.677. The maximum Gasteiger partial charge on any atom is 0.240 e. The molecule has 1 N–H and O–H groups in total. The van der Waals surface area contributed by atoms with Gasteiger partial charge in [0.1, 0.15) is 17.6 Å². The number of sulfonamides is 1. The number of fused-ring (bicyclic) bond motifs is 1. The molecule has 0 aliphatic rings. The van der Waals surface area contributed by atoms with Gasteiger partial charge in [0.15, 0.2) is 0 Å². The van der Waals surface area contributed by atoms with Gasteiger partial charge < -0.3 is 9.13 Å². The number of nitriles is 1. The van der Waals surface area contributed by atoms with Gasteiger partial charge in [-0.1, -0.05) is 0 Å². The van der Waals surface area contributed by atoms with Crippen LogP contribution in [0.25, 0.3) is 22.4 Å². The summed E-state index contributed by atoms with van der Waals surface area (Å²) in [6.45, 7) is 0. The Balaban J connectivity index is 2.20. The molecule has 7 nitrogen and oxygen atoms in total. The molecule has 0 saturated heterocycles. The topological polar surface area (TPSA) is 92.7 Å². The molecule has 0 unspecified atom stereocenters. The highest BCUT2D eigenvalue weighted by Gasteiger charge is 2.16. The zero-order valence-corrected chi connectivity index (χ0v) is 13.7. The van der Waals surface area contributed by atoms with Gasteiger partial charge >= 0.3 is 0 Å². The number of hydrogen-bond acceptors (Lipinski definition) is 4. The van der Waals surface area contributed by atoms with Crippen LogP contribution in [0.2, 0.25) is 0 Å². The normalized spacial score (nSPS) is 11.7. The summed E-state index contributed by atoms with van der Waals surface area (Å²) in [6, 6.07) is 8.68. The molecule has 0 aliphatic heterocycles. The molecule has 8 heteroatoms. The standard InChI is InChI=1S/C15H15N5O2S/c1-17-23(21,22)12-4-5-14-13(7-12)18-15(20(14)3)10-6-11(8-16)19(2)9-10/h4-7,9,17H,1-3H3. The van der Waals surface area contributed by atoms with Gasteiger partial charge in [-0.3, -0.25) is 0 Å². The van der Waals surface area contributed by atoms with Gasteiger partial charge in [0.25, 0.3) is 0 Å². The lowest BCUT2D eigenvalue weighted by Gasteiger charge is -2.02. The molecular weight excluding hydrogens is 314 g/mol. The van der Waals surface area contributed by atoms with Crippen LogP contribution in [-0.4, -0.2) is 29.6 Å². The first-order valence-corrected chi connectivity index (χ1v) is 8.32. The second kappa shape index (κ2) is 5.22. The van der Waals surface area contributed by atoms with Crippen LogP contribution in [0.1, 0.15) is 5.69 Å². The zero-order valence-electron chi connectivity index (χ0n) is 12.9. The van der Waals surface area contributed by atoms with Crippen molar-refractivity contribution < 1.29 is 8.42 Å². The smallest absolute Gasteiger partial charge is 0.240 e. The first kappa shape index (κ1) is 15.3. The molecule has 3 rings (SSSR count). The second-order valence-corrected chi connectivity index (χ2v) is 7.08. The van der Waals surface area contributed by atoms with Crippen molar-refractivity contribution >= 4 is 21.1 Å². The maximum atomic E-state index is 11.9. The molecule has 118 valence electrons. The van der Waals surface area contributed by atoms with E-state index >= 15 is 0 Å². The Morgan fingerprint density at radius 3 is 2.61 bits per heavy atom. The molecule has 3 aromatic rings. The van der Waals surface area contributed by atoms with Crippen LogP contribution in [0.5, 0.6) is 0 Å². The number of hydrogen-bond donors (Lipinski definition) is 1. The molecule has 0 amide bonds. The van der Waals surface area contributed by atoms with E-state index in [1.165, 1.54) is 7.05 Å². The van der Waals surface area contributed by atoms with Gasteiger partial charge in [-0.05, 0) is 31.3 Å². The van der Waals surface area contributed by atoms with E-state index in [0.717, 1.165) is 11.1 Å². The maximum absolute atomic E-state index is 11.9. The highest BCUT2D eigenvalue weighted by atomic mass is 32.2. The minimum atomic E-state index is -3.51. The van der Waals surface area contributed by atoms with E-state index in [1.807, 2.05) is 17.8 Å². The molecule has 2 aromatic heterocycles. The minimum Gasteiger partial charge on any atom is -0.342 e. The first-order chi connectivity index (χ1) is 10.9. The van der Waals surface area contributed by atoms with Crippen molar-refractivity contribution in [2.24, 2.45) is 14.1 Å². The molecule has 0 radical (unpaired) electrons. The average molecular weight is 329 g/mol. The van der Waals surface area contributed by atoms with Crippen LogP contribution >= 0.6 is 0 Å². The van der Waals surface area contributed by atoms with Gasteiger partial charge in [0.2, 0.25) is 10.0 Å². The summed E-state index contributed by atoms with van der Waals surface area (Å²) >= 11 is 0. The fraction of sp³-hybridized carbons (Fsp3) is 0.200. The molecule has 1 aromatic carbocycles. The summed E-state index contributed by atoms with van der Waals surface area (Å²) in [6.07, 6.45) is 1.82.